The molecular formula is C13H16N2O2. The quantitative estimate of drug-likeness (QED) is 0.873. The molecule has 0 aliphatic carbocycles. The van der Waals surface area contributed by atoms with Crippen molar-refractivity contribution in [3.05, 3.63) is 46.7 Å². The monoisotopic (exact) mass is 232 g/mol. The fourth-order valence-electron chi connectivity index (χ4n) is 1.76. The summed E-state index contributed by atoms with van der Waals surface area (Å²) in [5.41, 5.74) is 3.67. The van der Waals surface area contributed by atoms with E-state index in [0.29, 0.717) is 24.6 Å². The van der Waals surface area contributed by atoms with E-state index in [1.807, 2.05) is 0 Å². The van der Waals surface area contributed by atoms with Crippen molar-refractivity contribution in [1.29, 1.82) is 0 Å². The number of aryl methyl sites for hydroxylation is 2. The minimum Gasteiger partial charge on any atom is -0.425 e. The van der Waals surface area contributed by atoms with Gasteiger partial charge in [0.25, 0.3) is 0 Å². The smallest absolute Gasteiger partial charge is 0.220 e. The fourth-order valence-corrected chi connectivity index (χ4v) is 1.76. The van der Waals surface area contributed by atoms with E-state index in [1.165, 1.54) is 16.7 Å². The third-order valence-electron chi connectivity index (χ3n) is 2.67. The molecule has 0 fully saturated rings. The van der Waals surface area contributed by atoms with E-state index in [0.717, 1.165) is 0 Å². The molecule has 2 rings (SSSR count). The van der Waals surface area contributed by atoms with Crippen molar-refractivity contribution in [2.75, 3.05) is 6.61 Å². The van der Waals surface area contributed by atoms with Crippen LogP contribution in [0.3, 0.4) is 0 Å². The zero-order valence-corrected chi connectivity index (χ0v) is 10.1. The van der Waals surface area contributed by atoms with Crippen LogP contribution in [0.25, 0.3) is 0 Å². The van der Waals surface area contributed by atoms with E-state index < -0.39 is 0 Å². The molecule has 0 aliphatic rings. The molecule has 0 radical (unpaired) electrons. The van der Waals surface area contributed by atoms with Gasteiger partial charge in [-0.1, -0.05) is 23.8 Å². The lowest BCUT2D eigenvalue weighted by Crippen LogP contribution is -1.92. The minimum atomic E-state index is 0.0329. The van der Waals surface area contributed by atoms with Crippen molar-refractivity contribution < 1.29 is 9.52 Å². The molecule has 0 saturated heterocycles. The molecule has 1 aromatic heterocycles. The Morgan fingerprint density at radius 3 is 2.65 bits per heavy atom. The molecule has 1 N–H and O–H groups in total. The number of nitrogens with zero attached hydrogens (tertiary/aromatic N) is 2. The molecule has 4 nitrogen and oxygen atoms in total. The van der Waals surface area contributed by atoms with Crippen molar-refractivity contribution in [1.82, 2.24) is 10.2 Å². The molecule has 2 aromatic rings. The van der Waals surface area contributed by atoms with Gasteiger partial charge >= 0.3 is 0 Å². The van der Waals surface area contributed by atoms with Gasteiger partial charge in [-0.25, -0.2) is 0 Å². The van der Waals surface area contributed by atoms with Gasteiger partial charge in [-0.15, -0.1) is 10.2 Å². The van der Waals surface area contributed by atoms with Gasteiger partial charge in [0.1, 0.15) is 0 Å². The maximum Gasteiger partial charge on any atom is 0.220 e. The Morgan fingerprint density at radius 1 is 1.18 bits per heavy atom. The van der Waals surface area contributed by atoms with Crippen LogP contribution in [-0.4, -0.2) is 21.9 Å². The number of aromatic nitrogens is 2. The third-order valence-corrected chi connectivity index (χ3v) is 2.67. The van der Waals surface area contributed by atoms with Gasteiger partial charge in [-0.3, -0.25) is 0 Å². The van der Waals surface area contributed by atoms with E-state index >= 15 is 0 Å². The Balaban J connectivity index is 2.13. The number of hydrogen-bond acceptors (Lipinski definition) is 4. The van der Waals surface area contributed by atoms with Crippen LogP contribution in [0.4, 0.5) is 0 Å². The molecule has 0 saturated carbocycles. The average molecular weight is 232 g/mol. The van der Waals surface area contributed by atoms with Crippen molar-refractivity contribution in [2.45, 2.75) is 26.7 Å². The predicted molar refractivity (Wildman–Crippen MR) is 63.8 cm³/mol. The first-order valence-electron chi connectivity index (χ1n) is 5.67. The number of hydrogen-bond donors (Lipinski definition) is 1. The summed E-state index contributed by atoms with van der Waals surface area (Å²) >= 11 is 0. The average Bonchev–Trinajstić information content (AvgIpc) is 2.71. The highest BCUT2D eigenvalue weighted by Gasteiger charge is 2.08. The van der Waals surface area contributed by atoms with Crippen molar-refractivity contribution >= 4 is 0 Å². The molecule has 1 aromatic carbocycles. The van der Waals surface area contributed by atoms with Gasteiger partial charge in [0.2, 0.25) is 11.8 Å². The molecule has 0 amide bonds. The summed E-state index contributed by atoms with van der Waals surface area (Å²) in [6, 6.07) is 6.30. The fraction of sp³-hybridized carbons (Fsp3) is 0.385. The number of benzene rings is 1. The van der Waals surface area contributed by atoms with Crippen LogP contribution < -0.4 is 0 Å². The Morgan fingerprint density at radius 2 is 1.94 bits per heavy atom. The maximum atomic E-state index is 8.77. The first kappa shape index (κ1) is 11.8. The highest BCUT2D eigenvalue weighted by Crippen LogP contribution is 2.14. The Labute approximate surface area is 100 Å². The SMILES string of the molecule is Cc1ccc(Cc2nnc(CCO)o2)c(C)c1. The number of aliphatic hydroxyl groups is 1. The summed E-state index contributed by atoms with van der Waals surface area (Å²) in [6.45, 7) is 4.18. The van der Waals surface area contributed by atoms with E-state index in [2.05, 4.69) is 42.2 Å². The van der Waals surface area contributed by atoms with Gasteiger partial charge in [0.05, 0.1) is 13.0 Å². The first-order valence-corrected chi connectivity index (χ1v) is 5.67. The third kappa shape index (κ3) is 2.91. The Bertz CT molecular complexity index is 506. The molecule has 90 valence electrons. The summed E-state index contributed by atoms with van der Waals surface area (Å²) in [4.78, 5) is 0. The van der Waals surface area contributed by atoms with Gasteiger partial charge in [-0.2, -0.15) is 0 Å². The van der Waals surface area contributed by atoms with Gasteiger partial charge < -0.3 is 9.52 Å². The van der Waals surface area contributed by atoms with E-state index in [-0.39, 0.29) is 6.61 Å². The van der Waals surface area contributed by atoms with E-state index in [1.54, 1.807) is 0 Å². The van der Waals surface area contributed by atoms with Gasteiger partial charge in [0.15, 0.2) is 0 Å². The normalized spacial score (nSPS) is 10.8. The molecule has 0 atom stereocenters. The minimum absolute atomic E-state index is 0.0329. The second kappa shape index (κ2) is 5.10. The lowest BCUT2D eigenvalue weighted by atomic mass is 10.0. The molecule has 17 heavy (non-hydrogen) atoms. The van der Waals surface area contributed by atoms with Crippen molar-refractivity contribution in [3.63, 3.8) is 0 Å². The van der Waals surface area contributed by atoms with Crippen LogP contribution in [-0.2, 0) is 12.8 Å². The topological polar surface area (TPSA) is 59.2 Å². The molecule has 0 bridgehead atoms. The van der Waals surface area contributed by atoms with Gasteiger partial charge in [-0.05, 0) is 25.0 Å². The second-order valence-electron chi connectivity index (χ2n) is 4.17. The number of aliphatic hydroxyl groups excluding tert-OH is 1. The van der Waals surface area contributed by atoms with Crippen LogP contribution in [0.5, 0.6) is 0 Å². The van der Waals surface area contributed by atoms with Crippen molar-refractivity contribution in [3.8, 4) is 0 Å². The highest BCUT2D eigenvalue weighted by molar-refractivity contribution is 5.31. The van der Waals surface area contributed by atoms with Crippen LogP contribution in [0.15, 0.2) is 22.6 Å². The molecule has 0 aliphatic heterocycles. The summed E-state index contributed by atoms with van der Waals surface area (Å²) in [7, 11) is 0. The molecule has 0 spiro atoms. The predicted octanol–water partition coefficient (Wildman–Crippen LogP) is 1.81. The summed E-state index contributed by atoms with van der Waals surface area (Å²) in [5, 5.41) is 16.6. The Kier molecular flexibility index (Phi) is 3.54. The Hall–Kier alpha value is -1.68. The molecule has 1 heterocycles. The first-order chi connectivity index (χ1) is 8.19. The van der Waals surface area contributed by atoms with Crippen LogP contribution in [0.1, 0.15) is 28.5 Å². The van der Waals surface area contributed by atoms with Crippen LogP contribution in [0, 0.1) is 13.8 Å². The van der Waals surface area contributed by atoms with E-state index in [9.17, 15) is 0 Å². The summed E-state index contributed by atoms with van der Waals surface area (Å²) < 4.78 is 5.43. The summed E-state index contributed by atoms with van der Waals surface area (Å²) in [5.74, 6) is 1.09. The second-order valence-corrected chi connectivity index (χ2v) is 4.17. The van der Waals surface area contributed by atoms with E-state index in [4.69, 9.17) is 9.52 Å². The van der Waals surface area contributed by atoms with Gasteiger partial charge in [0, 0.05) is 6.42 Å². The zero-order valence-electron chi connectivity index (χ0n) is 10.1. The zero-order chi connectivity index (χ0) is 12.3. The maximum absolute atomic E-state index is 8.77. The number of rotatable bonds is 4. The standard InChI is InChI=1S/C13H16N2O2/c1-9-3-4-11(10(2)7-9)8-13-15-14-12(17-13)5-6-16/h3-4,7,16H,5-6,8H2,1-2H3. The highest BCUT2D eigenvalue weighted by atomic mass is 16.4. The summed E-state index contributed by atoms with van der Waals surface area (Å²) in [6.07, 6.45) is 1.06. The van der Waals surface area contributed by atoms with Crippen LogP contribution >= 0.6 is 0 Å². The molecular weight excluding hydrogens is 216 g/mol. The lowest BCUT2D eigenvalue weighted by Gasteiger charge is -2.03. The molecule has 4 heteroatoms. The van der Waals surface area contributed by atoms with Crippen molar-refractivity contribution in [2.24, 2.45) is 0 Å². The molecule has 0 unspecified atom stereocenters. The lowest BCUT2D eigenvalue weighted by molar-refractivity contribution is 0.283. The van der Waals surface area contributed by atoms with Crippen LogP contribution in [0.2, 0.25) is 0 Å². The largest absolute Gasteiger partial charge is 0.425 e.